The van der Waals surface area contributed by atoms with E-state index in [1.54, 1.807) is 18.2 Å². The second-order valence-corrected chi connectivity index (χ2v) is 7.67. The third-order valence-corrected chi connectivity index (χ3v) is 6.04. The molecule has 1 aromatic heterocycles. The van der Waals surface area contributed by atoms with Gasteiger partial charge in [0.25, 0.3) is 5.91 Å². The number of aromatic nitrogens is 1. The second-order valence-electron chi connectivity index (χ2n) is 5.76. The maximum Gasteiger partial charge on any atom is 0.257 e. The summed E-state index contributed by atoms with van der Waals surface area (Å²) in [5, 5.41) is 13.9. The monoisotopic (exact) mass is 377 g/mol. The van der Waals surface area contributed by atoms with E-state index in [4.69, 9.17) is 4.74 Å². The minimum Gasteiger partial charge on any atom is -0.619 e. The SMILES string of the molecule is O=C(NCc1ccccc1S(=O)(=O)N1CCOCC1)c1ccc[n+]([O-])c1. The average molecular weight is 377 g/mol. The molecular weight excluding hydrogens is 358 g/mol. The number of ether oxygens (including phenoxy) is 1. The van der Waals surface area contributed by atoms with Crippen LogP contribution in [0.4, 0.5) is 0 Å². The highest BCUT2D eigenvalue weighted by molar-refractivity contribution is 7.89. The number of pyridine rings is 1. The fourth-order valence-electron chi connectivity index (χ4n) is 2.69. The number of sulfonamides is 1. The average Bonchev–Trinajstić information content (AvgIpc) is 2.67. The van der Waals surface area contributed by atoms with Crippen molar-refractivity contribution in [1.82, 2.24) is 9.62 Å². The molecule has 0 spiro atoms. The Hall–Kier alpha value is -2.49. The number of hydrogen-bond acceptors (Lipinski definition) is 5. The van der Waals surface area contributed by atoms with Crippen LogP contribution in [-0.2, 0) is 21.3 Å². The van der Waals surface area contributed by atoms with E-state index in [0.29, 0.717) is 36.6 Å². The Bertz CT molecular complexity index is 895. The van der Waals surface area contributed by atoms with Crippen molar-refractivity contribution in [3.63, 3.8) is 0 Å². The van der Waals surface area contributed by atoms with Crippen molar-refractivity contribution < 1.29 is 22.7 Å². The van der Waals surface area contributed by atoms with Crippen LogP contribution in [0.5, 0.6) is 0 Å². The molecule has 2 aromatic rings. The Labute approximate surface area is 151 Å². The smallest absolute Gasteiger partial charge is 0.257 e. The van der Waals surface area contributed by atoms with Crippen LogP contribution in [-0.4, -0.2) is 44.9 Å². The number of carbonyl (C=O) groups excluding carboxylic acids is 1. The summed E-state index contributed by atoms with van der Waals surface area (Å²) in [5.74, 6) is -0.450. The quantitative estimate of drug-likeness (QED) is 0.595. The third kappa shape index (κ3) is 4.01. The Morgan fingerprint density at radius 1 is 1.19 bits per heavy atom. The van der Waals surface area contributed by atoms with Gasteiger partial charge in [-0.25, -0.2) is 8.42 Å². The molecule has 1 N–H and O–H groups in total. The van der Waals surface area contributed by atoms with E-state index >= 15 is 0 Å². The zero-order valence-electron chi connectivity index (χ0n) is 14.0. The minimum atomic E-state index is -3.66. The minimum absolute atomic E-state index is 0.0341. The van der Waals surface area contributed by atoms with Crippen LogP contribution in [0.3, 0.4) is 0 Å². The molecule has 26 heavy (non-hydrogen) atoms. The number of rotatable bonds is 5. The van der Waals surface area contributed by atoms with Gasteiger partial charge in [-0.3, -0.25) is 4.79 Å². The van der Waals surface area contributed by atoms with Crippen molar-refractivity contribution in [2.45, 2.75) is 11.4 Å². The number of carbonyl (C=O) groups is 1. The van der Waals surface area contributed by atoms with Crippen LogP contribution in [0.25, 0.3) is 0 Å². The van der Waals surface area contributed by atoms with Crippen LogP contribution in [0.1, 0.15) is 15.9 Å². The number of nitrogens with one attached hydrogen (secondary N) is 1. The fraction of sp³-hybridized carbons (Fsp3) is 0.294. The van der Waals surface area contributed by atoms with E-state index in [-0.39, 0.29) is 17.0 Å². The molecule has 1 aliphatic heterocycles. The topological polar surface area (TPSA) is 103 Å². The van der Waals surface area contributed by atoms with Crippen molar-refractivity contribution in [2.24, 2.45) is 0 Å². The van der Waals surface area contributed by atoms with E-state index in [1.807, 2.05) is 0 Å². The lowest BCUT2D eigenvalue weighted by Gasteiger charge is -2.27. The van der Waals surface area contributed by atoms with E-state index in [1.165, 1.54) is 28.7 Å². The molecule has 9 heteroatoms. The largest absolute Gasteiger partial charge is 0.619 e. The molecule has 1 fully saturated rings. The summed E-state index contributed by atoms with van der Waals surface area (Å²) in [6.07, 6.45) is 2.44. The van der Waals surface area contributed by atoms with Crippen molar-refractivity contribution in [2.75, 3.05) is 26.3 Å². The lowest BCUT2D eigenvalue weighted by molar-refractivity contribution is -0.605. The van der Waals surface area contributed by atoms with Gasteiger partial charge in [-0.1, -0.05) is 18.2 Å². The lowest BCUT2D eigenvalue weighted by Crippen LogP contribution is -2.41. The molecule has 0 radical (unpaired) electrons. The first-order valence-corrected chi connectivity index (χ1v) is 9.55. The third-order valence-electron chi connectivity index (χ3n) is 4.04. The van der Waals surface area contributed by atoms with Crippen molar-refractivity contribution >= 4 is 15.9 Å². The van der Waals surface area contributed by atoms with Gasteiger partial charge in [0.2, 0.25) is 10.0 Å². The molecule has 1 amide bonds. The van der Waals surface area contributed by atoms with E-state index in [0.717, 1.165) is 6.20 Å². The van der Waals surface area contributed by atoms with Crippen molar-refractivity contribution in [1.29, 1.82) is 0 Å². The molecule has 1 saturated heterocycles. The van der Waals surface area contributed by atoms with Crippen LogP contribution >= 0.6 is 0 Å². The molecule has 138 valence electrons. The van der Waals surface area contributed by atoms with Gasteiger partial charge < -0.3 is 15.3 Å². The first kappa shape index (κ1) is 18.3. The van der Waals surface area contributed by atoms with Gasteiger partial charge in [0.1, 0.15) is 5.56 Å². The number of morpholine rings is 1. The number of amides is 1. The molecule has 2 heterocycles. The van der Waals surface area contributed by atoms with E-state index in [9.17, 15) is 18.4 Å². The van der Waals surface area contributed by atoms with Crippen LogP contribution in [0, 0.1) is 5.21 Å². The van der Waals surface area contributed by atoms with Gasteiger partial charge >= 0.3 is 0 Å². The van der Waals surface area contributed by atoms with Crippen LogP contribution < -0.4 is 10.0 Å². The second kappa shape index (κ2) is 7.81. The molecule has 8 nitrogen and oxygen atoms in total. The summed E-state index contributed by atoms with van der Waals surface area (Å²) in [4.78, 5) is 12.4. The molecule has 0 atom stereocenters. The van der Waals surface area contributed by atoms with Gasteiger partial charge in [0.05, 0.1) is 18.1 Å². The van der Waals surface area contributed by atoms with Gasteiger partial charge in [0, 0.05) is 25.7 Å². The number of benzene rings is 1. The fourth-order valence-corrected chi connectivity index (χ4v) is 4.32. The highest BCUT2D eigenvalue weighted by Gasteiger charge is 2.28. The van der Waals surface area contributed by atoms with E-state index < -0.39 is 15.9 Å². The zero-order valence-corrected chi connectivity index (χ0v) is 14.8. The molecule has 3 rings (SSSR count). The van der Waals surface area contributed by atoms with Crippen LogP contribution in [0.2, 0.25) is 0 Å². The summed E-state index contributed by atoms with van der Waals surface area (Å²) >= 11 is 0. The summed E-state index contributed by atoms with van der Waals surface area (Å²) in [5.41, 5.74) is 0.689. The molecular formula is C17H19N3O5S. The molecule has 0 aliphatic carbocycles. The van der Waals surface area contributed by atoms with E-state index in [2.05, 4.69) is 5.32 Å². The number of nitrogens with zero attached hydrogens (tertiary/aromatic N) is 2. The summed E-state index contributed by atoms with van der Waals surface area (Å²) < 4.78 is 32.9. The predicted octanol–water partition coefficient (Wildman–Crippen LogP) is 0.271. The van der Waals surface area contributed by atoms with Crippen molar-refractivity contribution in [3.8, 4) is 0 Å². The summed E-state index contributed by atoms with van der Waals surface area (Å²) in [7, 11) is -3.66. The molecule has 1 aromatic carbocycles. The Morgan fingerprint density at radius 2 is 1.92 bits per heavy atom. The summed E-state index contributed by atoms with van der Waals surface area (Å²) in [6.45, 7) is 1.36. The highest BCUT2D eigenvalue weighted by Crippen LogP contribution is 2.21. The van der Waals surface area contributed by atoms with Crippen LogP contribution in [0.15, 0.2) is 53.7 Å². The Morgan fingerprint density at radius 3 is 2.65 bits per heavy atom. The maximum absolute atomic E-state index is 12.9. The standard InChI is InChI=1S/C17H19N3O5S/c21-17(15-5-3-7-19(22)13-15)18-12-14-4-1-2-6-16(14)26(23,24)20-8-10-25-11-9-20/h1-7,13H,8-12H2,(H,18,21). The zero-order chi connectivity index (χ0) is 18.6. The molecule has 1 aliphatic rings. The van der Waals surface area contributed by atoms with Gasteiger partial charge in [-0.2, -0.15) is 9.04 Å². The van der Waals surface area contributed by atoms with Crippen molar-refractivity contribution in [3.05, 3.63) is 65.1 Å². The molecule has 0 bridgehead atoms. The maximum atomic E-state index is 12.9. The number of hydrogen-bond donors (Lipinski definition) is 1. The first-order chi connectivity index (χ1) is 12.5. The normalized spacial score (nSPS) is 15.5. The van der Waals surface area contributed by atoms with Gasteiger partial charge in [-0.05, 0) is 17.7 Å². The van der Waals surface area contributed by atoms with Gasteiger partial charge in [-0.15, -0.1) is 0 Å². The van der Waals surface area contributed by atoms with Gasteiger partial charge in [0.15, 0.2) is 12.4 Å². The highest BCUT2D eigenvalue weighted by atomic mass is 32.2. The molecule has 0 saturated carbocycles. The Kier molecular flexibility index (Phi) is 5.50. The Balaban J connectivity index is 1.78. The first-order valence-electron chi connectivity index (χ1n) is 8.11. The molecule has 0 unspecified atom stereocenters. The predicted molar refractivity (Wildman–Crippen MR) is 92.6 cm³/mol. The summed E-state index contributed by atoms with van der Waals surface area (Å²) in [6, 6.07) is 9.54. The lowest BCUT2D eigenvalue weighted by atomic mass is 10.2.